The van der Waals surface area contributed by atoms with Gasteiger partial charge in [-0.05, 0) is 114 Å². The van der Waals surface area contributed by atoms with Crippen molar-refractivity contribution in [3.63, 3.8) is 0 Å². The lowest BCUT2D eigenvalue weighted by atomic mass is 9.89. The highest BCUT2D eigenvalue weighted by molar-refractivity contribution is 6.02. The molecule has 0 bridgehead atoms. The van der Waals surface area contributed by atoms with E-state index in [4.69, 9.17) is 20.3 Å². The number of anilines is 2. The smallest absolute Gasteiger partial charge is 0.249 e. The number of pyridine rings is 1. The second-order valence-corrected chi connectivity index (χ2v) is 17.3. The Balaban J connectivity index is 0.701. The first-order chi connectivity index (χ1) is 29.7. The molecule has 1 unspecified atom stereocenters. The van der Waals surface area contributed by atoms with E-state index >= 15 is 0 Å². The first kappa shape index (κ1) is 42.0. The van der Waals surface area contributed by atoms with Gasteiger partial charge in [0.1, 0.15) is 35.3 Å². The van der Waals surface area contributed by atoms with Gasteiger partial charge >= 0.3 is 0 Å². The van der Waals surface area contributed by atoms with Crippen LogP contribution >= 0.6 is 0 Å². The number of imide groups is 1. The van der Waals surface area contributed by atoms with Crippen molar-refractivity contribution in [1.82, 2.24) is 45.4 Å². The number of hydrogen-bond donors (Lipinski definition) is 4. The molecule has 1 saturated carbocycles. The van der Waals surface area contributed by atoms with Crippen LogP contribution in [0.25, 0.3) is 33.7 Å². The number of hydrogen-bond acceptors (Lipinski definition) is 12. The van der Waals surface area contributed by atoms with Crippen LogP contribution in [0.4, 0.5) is 11.5 Å². The van der Waals surface area contributed by atoms with Crippen LogP contribution < -0.4 is 21.7 Å². The SMILES string of the molecule is CC(C)n1nc(-c2noc(C3CC3)c2-c2ccc(CNC(=O)CCCCCCCCCN3CCC(c4ccc(NC5CCC(=O)NC5=O)cc4)CC3)cn2)c2c(N)ncnc21. The molecular formula is C46H59N11O4. The molecule has 5 aromatic rings. The maximum absolute atomic E-state index is 12.7. The van der Waals surface area contributed by atoms with Crippen molar-refractivity contribution >= 4 is 40.3 Å². The van der Waals surface area contributed by atoms with E-state index in [2.05, 4.69) is 60.2 Å². The fourth-order valence-corrected chi connectivity index (χ4v) is 8.70. The van der Waals surface area contributed by atoms with E-state index in [1.54, 1.807) is 6.20 Å². The van der Waals surface area contributed by atoms with Crippen molar-refractivity contribution in [2.45, 2.75) is 134 Å². The number of rotatable bonds is 19. The molecule has 3 aliphatic rings. The Morgan fingerprint density at radius 2 is 1.64 bits per heavy atom. The quantitative estimate of drug-likeness (QED) is 0.0475. The van der Waals surface area contributed by atoms with Crippen LogP contribution in [-0.2, 0) is 20.9 Å². The second kappa shape index (κ2) is 19.3. The summed E-state index contributed by atoms with van der Waals surface area (Å²) in [6.07, 6.45) is 17.2. The van der Waals surface area contributed by atoms with E-state index in [-0.39, 0.29) is 29.8 Å². The second-order valence-electron chi connectivity index (χ2n) is 17.3. The van der Waals surface area contributed by atoms with Gasteiger partial charge in [-0.25, -0.2) is 14.6 Å². The van der Waals surface area contributed by atoms with E-state index in [0.717, 1.165) is 80.0 Å². The molecule has 0 spiro atoms. The fourth-order valence-electron chi connectivity index (χ4n) is 8.70. The van der Waals surface area contributed by atoms with E-state index in [0.29, 0.717) is 65.9 Å². The minimum Gasteiger partial charge on any atom is -0.383 e. The first-order valence-corrected chi connectivity index (χ1v) is 22.3. The molecule has 2 saturated heterocycles. The van der Waals surface area contributed by atoms with Crippen LogP contribution in [0, 0.1) is 0 Å². The third-order valence-electron chi connectivity index (χ3n) is 12.4. The summed E-state index contributed by atoms with van der Waals surface area (Å²) in [4.78, 5) is 52.3. The summed E-state index contributed by atoms with van der Waals surface area (Å²) in [5, 5.41) is 18.8. The van der Waals surface area contributed by atoms with Gasteiger partial charge in [0.25, 0.3) is 0 Å². The Kier molecular flexibility index (Phi) is 13.3. The lowest BCUT2D eigenvalue weighted by Gasteiger charge is -2.32. The standard InChI is InChI=1S/C46H59N11O4/c1-29(2)57-45-40(44(47)50-28-51-45)41(54-57)42-39(43(61-55-42)33-12-13-33)35-18-11-30(26-48-35)27-49-37(58)10-8-6-4-3-5-7-9-23-56-24-21-32(22-25-56)31-14-16-34(17-15-31)52-36-19-20-38(59)53-46(36)60/h11,14-18,26,28-29,32-33,36,52H,3-10,12-13,19-25,27H2,1-2H3,(H,49,58)(H2,47,50,51)(H,53,59,60). The van der Waals surface area contributed by atoms with Crippen LogP contribution in [0.2, 0.25) is 0 Å². The zero-order chi connectivity index (χ0) is 42.3. The van der Waals surface area contributed by atoms with Gasteiger partial charge in [-0.15, -0.1) is 0 Å². The number of nitrogen functional groups attached to an aromatic ring is 1. The molecule has 1 aromatic carbocycles. The number of benzene rings is 1. The third kappa shape index (κ3) is 10.3. The summed E-state index contributed by atoms with van der Waals surface area (Å²) in [6.45, 7) is 7.93. The largest absolute Gasteiger partial charge is 0.383 e. The number of nitrogens with one attached hydrogen (secondary N) is 3. The normalized spacial score (nSPS) is 17.6. The Hall–Kier alpha value is -5.70. The van der Waals surface area contributed by atoms with Gasteiger partial charge in [-0.3, -0.25) is 24.7 Å². The van der Waals surface area contributed by atoms with E-state index in [1.807, 2.05) is 30.7 Å². The monoisotopic (exact) mass is 829 g/mol. The zero-order valence-corrected chi connectivity index (χ0v) is 35.5. The van der Waals surface area contributed by atoms with Crippen molar-refractivity contribution in [2.75, 3.05) is 30.7 Å². The minimum absolute atomic E-state index is 0.0537. The molecule has 5 N–H and O–H groups in total. The maximum atomic E-state index is 12.7. The predicted molar refractivity (Wildman–Crippen MR) is 234 cm³/mol. The van der Waals surface area contributed by atoms with Crippen LogP contribution in [-0.4, -0.2) is 78.2 Å². The highest BCUT2D eigenvalue weighted by Gasteiger charge is 2.35. The van der Waals surface area contributed by atoms with Crippen molar-refractivity contribution in [3.8, 4) is 22.6 Å². The predicted octanol–water partition coefficient (Wildman–Crippen LogP) is 7.42. The number of likely N-dealkylation sites (tertiary alicyclic amines) is 1. The molecule has 15 heteroatoms. The lowest BCUT2D eigenvalue weighted by Crippen LogP contribution is -2.47. The topological polar surface area (TPSA) is 199 Å². The molecule has 61 heavy (non-hydrogen) atoms. The van der Waals surface area contributed by atoms with Gasteiger partial charge in [0, 0.05) is 43.2 Å². The van der Waals surface area contributed by atoms with Gasteiger partial charge in [0.05, 0.1) is 16.6 Å². The summed E-state index contributed by atoms with van der Waals surface area (Å²) in [7, 11) is 0. The van der Waals surface area contributed by atoms with Crippen molar-refractivity contribution in [3.05, 3.63) is 65.8 Å². The number of piperidine rings is 2. The molecule has 6 heterocycles. The number of unbranched alkanes of at least 4 members (excludes halogenated alkanes) is 6. The van der Waals surface area contributed by atoms with E-state index in [1.165, 1.54) is 50.4 Å². The van der Waals surface area contributed by atoms with E-state index < -0.39 is 0 Å². The number of aromatic nitrogens is 6. The summed E-state index contributed by atoms with van der Waals surface area (Å²) in [5.41, 5.74) is 12.9. The summed E-state index contributed by atoms with van der Waals surface area (Å²) in [5.74, 6) is 1.64. The lowest BCUT2D eigenvalue weighted by molar-refractivity contribution is -0.133. The number of nitrogens with zero attached hydrogens (tertiary/aromatic N) is 7. The molecule has 3 amide bonds. The van der Waals surface area contributed by atoms with Gasteiger partial charge in [-0.2, -0.15) is 5.10 Å². The highest BCUT2D eigenvalue weighted by atomic mass is 16.5. The highest BCUT2D eigenvalue weighted by Crippen LogP contribution is 2.48. The Bertz CT molecular complexity index is 2290. The number of carbonyl (C=O) groups is 3. The Morgan fingerprint density at radius 1 is 0.885 bits per heavy atom. The molecule has 2 aliphatic heterocycles. The number of amides is 3. The number of carbonyl (C=O) groups excluding carboxylic acids is 3. The minimum atomic E-state index is -0.357. The van der Waals surface area contributed by atoms with E-state index in [9.17, 15) is 14.4 Å². The van der Waals surface area contributed by atoms with Crippen molar-refractivity contribution < 1.29 is 18.9 Å². The van der Waals surface area contributed by atoms with Gasteiger partial charge in [0.15, 0.2) is 5.65 Å². The maximum Gasteiger partial charge on any atom is 0.249 e. The average molecular weight is 830 g/mol. The molecule has 322 valence electrons. The zero-order valence-electron chi connectivity index (χ0n) is 35.5. The van der Waals surface area contributed by atoms with Crippen molar-refractivity contribution in [2.24, 2.45) is 0 Å². The Labute approximate surface area is 357 Å². The van der Waals surface area contributed by atoms with Gasteiger partial charge in [0.2, 0.25) is 17.7 Å². The number of nitrogens with two attached hydrogens (primary N) is 1. The number of fused-ring (bicyclic) bond motifs is 1. The summed E-state index contributed by atoms with van der Waals surface area (Å²) < 4.78 is 7.78. The molecule has 1 atom stereocenters. The molecule has 8 rings (SSSR count). The molecule has 3 fully saturated rings. The van der Waals surface area contributed by atoms with Crippen LogP contribution in [0.3, 0.4) is 0 Å². The van der Waals surface area contributed by atoms with Crippen molar-refractivity contribution in [1.29, 1.82) is 0 Å². The van der Waals surface area contributed by atoms with Crippen LogP contribution in [0.15, 0.2) is 53.4 Å². The summed E-state index contributed by atoms with van der Waals surface area (Å²) >= 11 is 0. The van der Waals surface area contributed by atoms with Crippen LogP contribution in [0.5, 0.6) is 0 Å². The molecule has 0 radical (unpaired) electrons. The molecular weight excluding hydrogens is 771 g/mol. The molecule has 1 aliphatic carbocycles. The molecule has 15 nitrogen and oxygen atoms in total. The van der Waals surface area contributed by atoms with Gasteiger partial charge in [-0.1, -0.05) is 55.5 Å². The Morgan fingerprint density at radius 3 is 2.34 bits per heavy atom. The first-order valence-electron chi connectivity index (χ1n) is 22.3. The third-order valence-corrected chi connectivity index (χ3v) is 12.4. The van der Waals surface area contributed by atoms with Gasteiger partial charge < -0.3 is 25.8 Å². The molecule has 4 aromatic heterocycles. The van der Waals surface area contributed by atoms with Crippen LogP contribution in [0.1, 0.15) is 139 Å². The summed E-state index contributed by atoms with van der Waals surface area (Å²) in [6, 6.07) is 12.1. The fraction of sp³-hybridized carbons (Fsp3) is 0.522. The average Bonchev–Trinajstić information content (AvgIpc) is 3.89.